The summed E-state index contributed by atoms with van der Waals surface area (Å²) in [5.41, 5.74) is 1.37. The molecule has 1 fully saturated rings. The zero-order valence-corrected chi connectivity index (χ0v) is 18.0. The molecule has 1 aliphatic rings. The molecule has 1 N–H and O–H groups in total. The third-order valence-electron chi connectivity index (χ3n) is 5.38. The molecule has 0 aliphatic heterocycles. The van der Waals surface area contributed by atoms with Crippen LogP contribution in [0.4, 0.5) is 0 Å². The van der Waals surface area contributed by atoms with Gasteiger partial charge in [0.2, 0.25) is 5.91 Å². The Morgan fingerprint density at radius 2 is 1.50 bits per heavy atom. The van der Waals surface area contributed by atoms with Crippen LogP contribution in [0, 0.1) is 5.92 Å². The molecule has 0 unspecified atom stereocenters. The van der Waals surface area contributed by atoms with Crippen molar-refractivity contribution >= 4 is 5.91 Å². The standard InChI is InChI=1S/C25H33NO4/c1-3-28-23(29-4-2)19-30-25(21-11-7-5-8-12-21,22-13-9-6-10-14-22)17-18-26-24(27)20-15-16-20/h5-14,20,23H,3-4,15-19H2,1-2H3,(H,26,27). The first-order valence-corrected chi connectivity index (χ1v) is 11.0. The van der Waals surface area contributed by atoms with Crippen LogP contribution in [0.3, 0.4) is 0 Å². The van der Waals surface area contributed by atoms with Gasteiger partial charge < -0.3 is 19.5 Å². The van der Waals surface area contributed by atoms with E-state index in [1.807, 2.05) is 50.2 Å². The maximum Gasteiger partial charge on any atom is 0.223 e. The monoisotopic (exact) mass is 411 g/mol. The van der Waals surface area contributed by atoms with Crippen molar-refractivity contribution in [2.45, 2.75) is 45.0 Å². The van der Waals surface area contributed by atoms with Crippen molar-refractivity contribution in [3.8, 4) is 0 Å². The van der Waals surface area contributed by atoms with Crippen LogP contribution in [-0.4, -0.2) is 38.6 Å². The lowest BCUT2D eigenvalue weighted by atomic mass is 9.83. The SMILES string of the molecule is CCOC(COC(CCNC(=O)C1CC1)(c1ccccc1)c1ccccc1)OCC. The highest BCUT2D eigenvalue weighted by Crippen LogP contribution is 2.37. The molecule has 0 spiro atoms. The first-order chi connectivity index (χ1) is 14.7. The van der Waals surface area contributed by atoms with Crippen molar-refractivity contribution in [1.82, 2.24) is 5.32 Å². The molecule has 0 saturated heterocycles. The van der Waals surface area contributed by atoms with E-state index in [1.54, 1.807) is 0 Å². The maximum atomic E-state index is 12.2. The number of hydrogen-bond donors (Lipinski definition) is 1. The fourth-order valence-electron chi connectivity index (χ4n) is 3.69. The van der Waals surface area contributed by atoms with E-state index >= 15 is 0 Å². The summed E-state index contributed by atoms with van der Waals surface area (Å²) >= 11 is 0. The Hall–Kier alpha value is -2.21. The minimum Gasteiger partial charge on any atom is -0.360 e. The Balaban J connectivity index is 1.87. The van der Waals surface area contributed by atoms with Gasteiger partial charge in [-0.3, -0.25) is 4.79 Å². The lowest BCUT2D eigenvalue weighted by molar-refractivity contribution is -0.189. The molecule has 1 amide bonds. The number of carbonyl (C=O) groups excluding carboxylic acids is 1. The van der Waals surface area contributed by atoms with Gasteiger partial charge in [0.05, 0.1) is 6.61 Å². The highest BCUT2D eigenvalue weighted by Gasteiger charge is 2.37. The van der Waals surface area contributed by atoms with E-state index in [1.165, 1.54) is 0 Å². The van der Waals surface area contributed by atoms with Crippen molar-refractivity contribution < 1.29 is 19.0 Å². The fraction of sp³-hybridized carbons (Fsp3) is 0.480. The average Bonchev–Trinajstić information content (AvgIpc) is 3.63. The highest BCUT2D eigenvalue weighted by atomic mass is 16.7. The largest absolute Gasteiger partial charge is 0.360 e. The first-order valence-electron chi connectivity index (χ1n) is 11.0. The molecule has 0 aromatic heterocycles. The van der Waals surface area contributed by atoms with Crippen LogP contribution in [-0.2, 0) is 24.6 Å². The summed E-state index contributed by atoms with van der Waals surface area (Å²) in [5.74, 6) is 0.334. The molecule has 1 saturated carbocycles. The van der Waals surface area contributed by atoms with Gasteiger partial charge in [0.1, 0.15) is 5.60 Å². The fourth-order valence-corrected chi connectivity index (χ4v) is 3.69. The summed E-state index contributed by atoms with van der Waals surface area (Å²) in [4.78, 5) is 12.2. The summed E-state index contributed by atoms with van der Waals surface area (Å²) in [7, 11) is 0. The van der Waals surface area contributed by atoms with Gasteiger partial charge in [0.15, 0.2) is 6.29 Å². The van der Waals surface area contributed by atoms with Crippen LogP contribution in [0.25, 0.3) is 0 Å². The predicted octanol–water partition coefficient (Wildman–Crippen LogP) is 4.26. The minimum atomic E-state index is -0.716. The topological polar surface area (TPSA) is 56.8 Å². The molecule has 0 radical (unpaired) electrons. The van der Waals surface area contributed by atoms with Crippen molar-refractivity contribution in [1.29, 1.82) is 0 Å². The highest BCUT2D eigenvalue weighted by molar-refractivity contribution is 5.80. The van der Waals surface area contributed by atoms with Gasteiger partial charge in [0, 0.05) is 32.1 Å². The van der Waals surface area contributed by atoms with Crippen molar-refractivity contribution in [2.75, 3.05) is 26.4 Å². The Morgan fingerprint density at radius 1 is 0.967 bits per heavy atom. The van der Waals surface area contributed by atoms with Gasteiger partial charge in [-0.2, -0.15) is 0 Å². The number of hydrogen-bond acceptors (Lipinski definition) is 4. The summed E-state index contributed by atoms with van der Waals surface area (Å²) in [6.45, 7) is 5.82. The zero-order valence-electron chi connectivity index (χ0n) is 18.0. The minimum absolute atomic E-state index is 0.145. The second-order valence-corrected chi connectivity index (χ2v) is 7.53. The maximum absolute atomic E-state index is 12.2. The Morgan fingerprint density at radius 3 is 1.97 bits per heavy atom. The lowest BCUT2D eigenvalue weighted by Crippen LogP contribution is -2.39. The second-order valence-electron chi connectivity index (χ2n) is 7.53. The van der Waals surface area contributed by atoms with E-state index in [-0.39, 0.29) is 11.8 Å². The van der Waals surface area contributed by atoms with Crippen molar-refractivity contribution in [3.63, 3.8) is 0 Å². The Bertz CT molecular complexity index is 716. The van der Waals surface area contributed by atoms with E-state index in [9.17, 15) is 4.79 Å². The predicted molar refractivity (Wildman–Crippen MR) is 117 cm³/mol. The molecule has 3 rings (SSSR count). The second kappa shape index (κ2) is 11.3. The van der Waals surface area contributed by atoms with E-state index in [0.717, 1.165) is 24.0 Å². The molecule has 1 aliphatic carbocycles. The Labute approximate surface area is 179 Å². The quantitative estimate of drug-likeness (QED) is 0.500. The number of rotatable bonds is 13. The van der Waals surface area contributed by atoms with Crippen LogP contribution in [0.5, 0.6) is 0 Å². The number of nitrogens with one attached hydrogen (secondary N) is 1. The van der Waals surface area contributed by atoms with Gasteiger partial charge in [0.25, 0.3) is 0 Å². The number of amides is 1. The van der Waals surface area contributed by atoms with Crippen LogP contribution in [0.2, 0.25) is 0 Å². The number of carbonyl (C=O) groups is 1. The molecule has 5 heteroatoms. The van der Waals surface area contributed by atoms with Gasteiger partial charge >= 0.3 is 0 Å². The van der Waals surface area contributed by atoms with Crippen molar-refractivity contribution in [3.05, 3.63) is 71.8 Å². The molecule has 0 heterocycles. The molecule has 0 atom stereocenters. The normalized spacial score (nSPS) is 14.1. The van der Waals surface area contributed by atoms with Crippen LogP contribution < -0.4 is 5.32 Å². The first kappa shape index (κ1) is 22.5. The van der Waals surface area contributed by atoms with E-state index < -0.39 is 11.9 Å². The smallest absolute Gasteiger partial charge is 0.223 e. The zero-order chi connectivity index (χ0) is 21.2. The molecule has 5 nitrogen and oxygen atoms in total. The van der Waals surface area contributed by atoms with Crippen LogP contribution in [0.1, 0.15) is 44.2 Å². The van der Waals surface area contributed by atoms with E-state index in [4.69, 9.17) is 14.2 Å². The Kier molecular flexibility index (Phi) is 8.43. The third kappa shape index (κ3) is 5.91. The molecular formula is C25H33NO4. The number of ether oxygens (including phenoxy) is 3. The third-order valence-corrected chi connectivity index (χ3v) is 5.38. The molecular weight excluding hydrogens is 378 g/mol. The summed E-state index contributed by atoms with van der Waals surface area (Å²) in [6.07, 6.45) is 2.17. The number of benzene rings is 2. The van der Waals surface area contributed by atoms with Gasteiger partial charge in [-0.1, -0.05) is 60.7 Å². The molecule has 2 aromatic carbocycles. The van der Waals surface area contributed by atoms with E-state index in [0.29, 0.717) is 32.8 Å². The van der Waals surface area contributed by atoms with Gasteiger partial charge in [-0.25, -0.2) is 0 Å². The average molecular weight is 412 g/mol. The lowest BCUT2D eigenvalue weighted by Gasteiger charge is -2.36. The van der Waals surface area contributed by atoms with Crippen LogP contribution >= 0.6 is 0 Å². The van der Waals surface area contributed by atoms with E-state index in [2.05, 4.69) is 29.6 Å². The van der Waals surface area contributed by atoms with Gasteiger partial charge in [-0.05, 0) is 37.8 Å². The summed E-state index contributed by atoms with van der Waals surface area (Å²) in [6, 6.07) is 20.4. The molecule has 0 bridgehead atoms. The summed E-state index contributed by atoms with van der Waals surface area (Å²) < 4.78 is 18.1. The molecule has 162 valence electrons. The van der Waals surface area contributed by atoms with Crippen molar-refractivity contribution in [2.24, 2.45) is 5.92 Å². The molecule has 30 heavy (non-hydrogen) atoms. The summed E-state index contributed by atoms with van der Waals surface area (Å²) in [5, 5.41) is 3.10. The molecule has 2 aromatic rings. The van der Waals surface area contributed by atoms with Crippen LogP contribution in [0.15, 0.2) is 60.7 Å². The van der Waals surface area contributed by atoms with Gasteiger partial charge in [-0.15, -0.1) is 0 Å².